The van der Waals surface area contributed by atoms with Crippen LogP contribution >= 0.6 is 92.8 Å². The number of hydrogen-bond donors (Lipinski definition) is 7. The van der Waals surface area contributed by atoms with Crippen molar-refractivity contribution in [1.29, 1.82) is 5.26 Å². The molecule has 2 saturated heterocycles. The number of nitrogen functional groups attached to an aromatic ring is 4. The average Bonchev–Trinajstić information content (AvgIpc) is 0.782. The van der Waals surface area contributed by atoms with E-state index in [4.69, 9.17) is 150 Å². The van der Waals surface area contributed by atoms with Crippen LogP contribution in [0.1, 0.15) is 110 Å². The van der Waals surface area contributed by atoms with Gasteiger partial charge in [0.05, 0.1) is 46.1 Å². The zero-order chi connectivity index (χ0) is 90.0. The van der Waals surface area contributed by atoms with E-state index >= 15 is 0 Å². The van der Waals surface area contributed by atoms with Gasteiger partial charge >= 0.3 is 0 Å². The highest BCUT2D eigenvalue weighted by molar-refractivity contribution is 6.38. The summed E-state index contributed by atoms with van der Waals surface area (Å²) >= 11 is 49.2. The van der Waals surface area contributed by atoms with Gasteiger partial charge in [-0.2, -0.15) is 5.26 Å². The molecular weight excluding hydrogens is 1770 g/mol. The van der Waals surface area contributed by atoms with Gasteiger partial charge in [-0.15, -0.1) is 0 Å². The molecule has 125 heavy (non-hydrogen) atoms. The predicted molar refractivity (Wildman–Crippen MR) is 492 cm³/mol. The molecule has 6 atom stereocenters. The zero-order valence-corrected chi connectivity index (χ0v) is 75.0. The van der Waals surface area contributed by atoms with Gasteiger partial charge in [0.2, 0.25) is 5.91 Å². The van der Waals surface area contributed by atoms with Gasteiger partial charge in [-0.1, -0.05) is 172 Å². The van der Waals surface area contributed by atoms with Gasteiger partial charge in [-0.25, -0.2) is 37.5 Å². The molecule has 14 rings (SSSR count). The van der Waals surface area contributed by atoms with Crippen LogP contribution in [0.2, 0.25) is 40.2 Å². The third-order valence-corrected chi connectivity index (χ3v) is 23.3. The van der Waals surface area contributed by atoms with Crippen LogP contribution in [-0.4, -0.2) is 94.1 Å². The van der Waals surface area contributed by atoms with Gasteiger partial charge in [0.15, 0.2) is 46.3 Å². The SMILES string of the molecule is CC(Oc1cc(-c2ccc(CC(=O)N3CCNCC3)cc2)cnc1N)c1c(Cl)ccc(F)c1Cl.CC(Oc1cc(-c2cccc(CC#N)c2)cnc1N)c1c(Cl)ccc(F)c1Cl.CC(Oc1cc(-c2cccc(CN)c2)cnc1N)c1c(Cl)ccc(F)c1Cl.COc1cc(-c2cnc(N)c(OC(C)c3c(Cl)ccc(F)c3Cl)c2)ccc1CN1C[C@@H](C)N[C@@H](C)C1. The van der Waals surface area contributed by atoms with Crippen molar-refractivity contribution >= 4 is 122 Å². The van der Waals surface area contributed by atoms with Gasteiger partial charge in [-0.05, 0) is 165 Å². The zero-order valence-electron chi connectivity index (χ0n) is 68.9. The number of nitrogens with zero attached hydrogens (tertiary/aromatic N) is 7. The number of piperazine rings is 2. The maximum absolute atomic E-state index is 14.0. The lowest BCUT2D eigenvalue weighted by Gasteiger charge is -2.36. The van der Waals surface area contributed by atoms with Crippen LogP contribution in [0.4, 0.5) is 40.8 Å². The van der Waals surface area contributed by atoms with Gasteiger partial charge in [0, 0.05) is 159 Å². The van der Waals surface area contributed by atoms with E-state index in [1.54, 1.807) is 83.9 Å². The molecular formula is C93H90Cl8F4N14O6. The highest BCUT2D eigenvalue weighted by atomic mass is 35.5. The molecule has 32 heteroatoms. The highest BCUT2D eigenvalue weighted by Gasteiger charge is 2.28. The molecule has 4 unspecified atom stereocenters. The van der Waals surface area contributed by atoms with Crippen molar-refractivity contribution in [3.05, 3.63) is 297 Å². The second-order valence-corrected chi connectivity index (χ2v) is 32.8. The minimum Gasteiger partial charge on any atom is -0.496 e. The molecule has 8 aromatic carbocycles. The molecule has 2 fully saturated rings. The molecule has 2 aliphatic rings. The van der Waals surface area contributed by atoms with E-state index in [1.165, 1.54) is 48.5 Å². The molecule has 2 aliphatic heterocycles. The maximum atomic E-state index is 14.0. The monoisotopic (exact) mass is 1850 g/mol. The third-order valence-electron chi connectivity index (χ3n) is 20.5. The molecule has 0 aliphatic carbocycles. The molecule has 0 bridgehead atoms. The molecule has 0 spiro atoms. The van der Waals surface area contributed by atoms with Crippen molar-refractivity contribution in [3.63, 3.8) is 0 Å². The number of halogens is 12. The Morgan fingerprint density at radius 2 is 0.808 bits per heavy atom. The molecule has 12 N–H and O–H groups in total. The number of benzene rings is 8. The normalized spacial score (nSPS) is 14.7. The number of nitrogens with two attached hydrogens (primary N) is 5. The first-order valence-electron chi connectivity index (χ1n) is 39.5. The minimum atomic E-state index is -0.659. The Labute approximate surface area is 763 Å². The Balaban J connectivity index is 0.000000163. The second kappa shape index (κ2) is 44.0. The fourth-order valence-corrected chi connectivity index (χ4v) is 16.9. The molecule has 0 saturated carbocycles. The van der Waals surface area contributed by atoms with Crippen molar-refractivity contribution < 1.29 is 46.0 Å². The summed E-state index contributed by atoms with van der Waals surface area (Å²) in [6.07, 6.45) is 4.70. The molecule has 4 aromatic heterocycles. The number of anilines is 4. The topological polar surface area (TPSA) is 299 Å². The number of hydrogen-bond acceptors (Lipinski definition) is 19. The Bertz CT molecular complexity index is 5870. The highest BCUT2D eigenvalue weighted by Crippen LogP contribution is 2.44. The lowest BCUT2D eigenvalue weighted by Crippen LogP contribution is -2.53. The van der Waals surface area contributed by atoms with E-state index in [9.17, 15) is 22.4 Å². The van der Waals surface area contributed by atoms with Crippen LogP contribution < -0.4 is 63.0 Å². The number of nitrogens with one attached hydrogen (secondary N) is 2. The molecule has 652 valence electrons. The lowest BCUT2D eigenvalue weighted by atomic mass is 10.0. The smallest absolute Gasteiger partial charge is 0.227 e. The second-order valence-electron chi connectivity index (χ2n) is 29.6. The van der Waals surface area contributed by atoms with Crippen LogP contribution in [0, 0.1) is 34.6 Å². The predicted octanol–water partition coefficient (Wildman–Crippen LogP) is 22.4. The van der Waals surface area contributed by atoms with E-state index in [2.05, 4.69) is 61.5 Å². The fourth-order valence-electron chi connectivity index (χ4n) is 14.2. The summed E-state index contributed by atoms with van der Waals surface area (Å²) in [5.41, 5.74) is 41.9. The fraction of sp³-hybridized carbons (Fsp3) is 0.247. The summed E-state index contributed by atoms with van der Waals surface area (Å²) in [5.74, 6) is 0.809. The van der Waals surface area contributed by atoms with Crippen molar-refractivity contribution in [2.75, 3.05) is 69.3 Å². The van der Waals surface area contributed by atoms with Crippen molar-refractivity contribution in [2.45, 2.75) is 104 Å². The Kier molecular flexibility index (Phi) is 33.5. The number of amides is 1. The molecule has 6 heterocycles. The van der Waals surface area contributed by atoms with Crippen LogP contribution in [0.3, 0.4) is 0 Å². The van der Waals surface area contributed by atoms with Gasteiger partial charge in [-0.3, -0.25) is 9.69 Å². The quantitative estimate of drug-likeness (QED) is 0.0231. The summed E-state index contributed by atoms with van der Waals surface area (Å²) in [7, 11) is 1.68. The van der Waals surface area contributed by atoms with E-state index < -0.39 is 47.7 Å². The first-order valence-corrected chi connectivity index (χ1v) is 42.5. The molecule has 0 radical (unpaired) electrons. The number of rotatable bonds is 23. The van der Waals surface area contributed by atoms with Crippen LogP contribution in [-0.2, 0) is 30.7 Å². The van der Waals surface area contributed by atoms with Crippen LogP contribution in [0.5, 0.6) is 28.7 Å². The molecule has 1 amide bonds. The van der Waals surface area contributed by atoms with Crippen molar-refractivity contribution in [3.8, 4) is 79.3 Å². The molecule has 12 aromatic rings. The Morgan fingerprint density at radius 1 is 0.464 bits per heavy atom. The van der Waals surface area contributed by atoms with E-state index in [-0.39, 0.29) is 49.3 Å². The first kappa shape index (κ1) is 95.1. The summed E-state index contributed by atoms with van der Waals surface area (Å²) in [6, 6.07) is 49.9. The number of carbonyl (C=O) groups is 1. The third kappa shape index (κ3) is 24.6. The number of aromatic nitrogens is 4. The number of methoxy groups -OCH3 is 1. The lowest BCUT2D eigenvalue weighted by molar-refractivity contribution is -0.131. The summed E-state index contributed by atoms with van der Waals surface area (Å²) < 4.78 is 85.1. The summed E-state index contributed by atoms with van der Waals surface area (Å²) in [5, 5.41) is 16.6. The maximum Gasteiger partial charge on any atom is 0.227 e. The number of pyridine rings is 4. The van der Waals surface area contributed by atoms with E-state index in [1.807, 2.05) is 89.8 Å². The van der Waals surface area contributed by atoms with Crippen molar-refractivity contribution in [1.82, 2.24) is 40.4 Å². The van der Waals surface area contributed by atoms with E-state index in [0.29, 0.717) is 96.8 Å². The summed E-state index contributed by atoms with van der Waals surface area (Å²) in [4.78, 5) is 33.8. The Morgan fingerprint density at radius 3 is 1.18 bits per heavy atom. The standard InChI is InChI=1S/C27H31Cl2FN4O2.C25H25Cl2FN4O2.C21H16Cl2FN3O.C20H18Cl2FN3O/c1-15-12-34(13-16(2)33-15)14-19-6-5-18(9-23(19)35-4)20-10-24(27(31)32-11-20)36-17(3)25-21(28)7-8-22(30)26(25)29;1-15(23-19(26)6-7-20(28)24(23)27)34-21-13-18(14-31-25(21)29)17-4-2-16(3-5-17)12-22(33)32-10-8-30-9-11-32;1-12(19-16(22)5-6-17(24)20(19)23)28-18-10-15(11-27-21(18)26)14-4-2-3-13(9-14)7-8-25;1-11(18-15(21)5-6-16(23)19(18)22)27-17-8-14(10-26-20(17)25)13-4-2-3-12(7-13)9-24/h5-11,15-17,33H,12-14H2,1-4H3,(H2,31,32);2-7,13-15,30H,8-12H2,1H3,(H2,29,31);2-6,9-12H,7H2,1H3,(H2,26,27);2-8,10-11H,9,24H2,1H3,(H2,25,26)/t15-,16+,17?;;;. The van der Waals surface area contributed by atoms with Gasteiger partial charge in [0.25, 0.3) is 0 Å². The molecule has 20 nitrogen and oxygen atoms in total. The summed E-state index contributed by atoms with van der Waals surface area (Å²) in [6.45, 7) is 17.6. The average molecular weight is 1860 g/mol. The number of ether oxygens (including phenoxy) is 5. The number of nitriles is 1. The van der Waals surface area contributed by atoms with Gasteiger partial charge in [0.1, 0.15) is 53.4 Å². The van der Waals surface area contributed by atoms with E-state index in [0.717, 1.165) is 118 Å². The largest absolute Gasteiger partial charge is 0.496 e. The van der Waals surface area contributed by atoms with Crippen LogP contribution in [0.25, 0.3) is 44.5 Å². The number of carbonyl (C=O) groups excluding carboxylic acids is 1. The van der Waals surface area contributed by atoms with Crippen molar-refractivity contribution in [2.24, 2.45) is 5.73 Å². The Hall–Kier alpha value is -10.6. The first-order chi connectivity index (χ1) is 59.8. The van der Waals surface area contributed by atoms with Crippen LogP contribution in [0.15, 0.2) is 189 Å². The minimum absolute atomic E-state index is 0.0756. The van der Waals surface area contributed by atoms with Gasteiger partial charge < -0.3 is 67.9 Å².